The van der Waals surface area contributed by atoms with Crippen molar-refractivity contribution in [3.63, 3.8) is 0 Å². The third kappa shape index (κ3) is 5.93. The Labute approximate surface area is 156 Å². The summed E-state index contributed by atoms with van der Waals surface area (Å²) in [6.45, 7) is 0. The molecule has 26 heavy (non-hydrogen) atoms. The van der Waals surface area contributed by atoms with Gasteiger partial charge in [0.05, 0.1) is 0 Å². The molecule has 0 spiro atoms. The summed E-state index contributed by atoms with van der Waals surface area (Å²) in [6.07, 6.45) is 2.37. The molecule has 6 nitrogen and oxygen atoms in total. The van der Waals surface area contributed by atoms with Gasteiger partial charge in [-0.05, 0) is 42.7 Å². The molecule has 0 aliphatic carbocycles. The number of carbonyl (C=O) groups is 3. The average Bonchev–Trinajstić information content (AvgIpc) is 2.70. The highest BCUT2D eigenvalue weighted by molar-refractivity contribution is 7.98. The van der Waals surface area contributed by atoms with Crippen molar-refractivity contribution in [2.75, 3.05) is 12.0 Å². The normalized spacial score (nSPS) is 11.3. The summed E-state index contributed by atoms with van der Waals surface area (Å²) in [5.41, 5.74) is 5.66. The SMILES string of the molecule is CSCC[C@@H](NC(=O)c1ccccc1)C(=O)NNC(=O)c1ccccc1. The van der Waals surface area contributed by atoms with Crippen LogP contribution in [0.4, 0.5) is 0 Å². The van der Waals surface area contributed by atoms with E-state index in [4.69, 9.17) is 0 Å². The lowest BCUT2D eigenvalue weighted by Crippen LogP contribution is -2.52. The van der Waals surface area contributed by atoms with E-state index in [1.807, 2.05) is 12.3 Å². The van der Waals surface area contributed by atoms with E-state index in [1.54, 1.807) is 66.4 Å². The summed E-state index contributed by atoms with van der Waals surface area (Å²) in [4.78, 5) is 36.7. The summed E-state index contributed by atoms with van der Waals surface area (Å²) < 4.78 is 0. The quantitative estimate of drug-likeness (QED) is 0.650. The smallest absolute Gasteiger partial charge is 0.269 e. The number of hydrogen-bond donors (Lipinski definition) is 3. The topological polar surface area (TPSA) is 87.3 Å². The first-order valence-electron chi connectivity index (χ1n) is 8.12. The molecule has 0 aliphatic heterocycles. The lowest BCUT2D eigenvalue weighted by Gasteiger charge is -2.18. The molecule has 0 bridgehead atoms. The van der Waals surface area contributed by atoms with Crippen molar-refractivity contribution in [1.82, 2.24) is 16.2 Å². The van der Waals surface area contributed by atoms with Crippen LogP contribution in [0.1, 0.15) is 27.1 Å². The van der Waals surface area contributed by atoms with Crippen LogP contribution in [-0.2, 0) is 4.79 Å². The van der Waals surface area contributed by atoms with Crippen LogP contribution in [0.3, 0.4) is 0 Å². The number of carbonyl (C=O) groups excluding carboxylic acids is 3. The number of benzene rings is 2. The minimum atomic E-state index is -0.744. The second-order valence-electron chi connectivity index (χ2n) is 5.48. The lowest BCUT2D eigenvalue weighted by molar-refractivity contribution is -0.123. The van der Waals surface area contributed by atoms with Crippen molar-refractivity contribution in [2.45, 2.75) is 12.5 Å². The van der Waals surface area contributed by atoms with Gasteiger partial charge in [0.1, 0.15) is 6.04 Å². The second-order valence-corrected chi connectivity index (χ2v) is 6.47. The number of amides is 3. The van der Waals surface area contributed by atoms with Crippen molar-refractivity contribution >= 4 is 29.5 Å². The largest absolute Gasteiger partial charge is 0.340 e. The summed E-state index contributed by atoms with van der Waals surface area (Å²) in [6, 6.07) is 16.5. The van der Waals surface area contributed by atoms with Crippen molar-refractivity contribution in [1.29, 1.82) is 0 Å². The third-order valence-electron chi connectivity index (χ3n) is 3.60. The van der Waals surface area contributed by atoms with E-state index in [0.29, 0.717) is 23.3 Å². The van der Waals surface area contributed by atoms with Crippen LogP contribution in [-0.4, -0.2) is 35.8 Å². The summed E-state index contributed by atoms with van der Waals surface area (Å²) in [5.74, 6) is -0.523. The van der Waals surface area contributed by atoms with Crippen LogP contribution in [0.25, 0.3) is 0 Å². The van der Waals surface area contributed by atoms with E-state index in [1.165, 1.54) is 0 Å². The van der Waals surface area contributed by atoms with Gasteiger partial charge in [-0.2, -0.15) is 11.8 Å². The Hall–Kier alpha value is -2.80. The molecule has 2 aromatic carbocycles. The maximum absolute atomic E-state index is 12.4. The third-order valence-corrected chi connectivity index (χ3v) is 4.25. The fraction of sp³-hybridized carbons (Fsp3) is 0.211. The Bertz CT molecular complexity index is 738. The zero-order valence-corrected chi connectivity index (χ0v) is 15.2. The molecular formula is C19H21N3O3S. The monoisotopic (exact) mass is 371 g/mol. The molecule has 3 amide bonds. The number of hydrogen-bond acceptors (Lipinski definition) is 4. The van der Waals surface area contributed by atoms with Gasteiger partial charge in [0.2, 0.25) is 0 Å². The Balaban J connectivity index is 1.95. The molecule has 0 aliphatic rings. The fourth-order valence-electron chi connectivity index (χ4n) is 2.20. The number of hydrazine groups is 1. The van der Waals surface area contributed by atoms with Gasteiger partial charge in [0, 0.05) is 11.1 Å². The Morgan fingerprint density at radius 3 is 1.92 bits per heavy atom. The molecular weight excluding hydrogens is 350 g/mol. The molecule has 0 unspecified atom stereocenters. The minimum absolute atomic E-state index is 0.332. The van der Waals surface area contributed by atoms with Gasteiger partial charge in [0.15, 0.2) is 0 Å². The zero-order valence-electron chi connectivity index (χ0n) is 14.4. The van der Waals surface area contributed by atoms with Gasteiger partial charge in [-0.1, -0.05) is 36.4 Å². The van der Waals surface area contributed by atoms with Crippen LogP contribution in [0, 0.1) is 0 Å². The first-order valence-corrected chi connectivity index (χ1v) is 9.51. The number of nitrogens with one attached hydrogen (secondary N) is 3. The molecule has 3 N–H and O–H groups in total. The molecule has 0 aromatic heterocycles. The first-order chi connectivity index (χ1) is 12.6. The standard InChI is InChI=1S/C19H21N3O3S/c1-26-13-12-16(20-17(23)14-8-4-2-5-9-14)19(25)22-21-18(24)15-10-6-3-7-11-15/h2-11,16H,12-13H2,1H3,(H,20,23)(H,21,24)(H,22,25)/t16-/m1/s1. The molecule has 1 atom stereocenters. The van der Waals surface area contributed by atoms with E-state index < -0.39 is 17.9 Å². The van der Waals surface area contributed by atoms with Gasteiger partial charge in [0.25, 0.3) is 17.7 Å². The molecule has 0 saturated heterocycles. The fourth-order valence-corrected chi connectivity index (χ4v) is 2.67. The average molecular weight is 371 g/mol. The molecule has 2 aromatic rings. The highest BCUT2D eigenvalue weighted by Crippen LogP contribution is 2.04. The molecule has 0 fully saturated rings. The zero-order chi connectivity index (χ0) is 18.8. The molecule has 136 valence electrons. The van der Waals surface area contributed by atoms with Gasteiger partial charge in [-0.15, -0.1) is 0 Å². The minimum Gasteiger partial charge on any atom is -0.340 e. The predicted octanol–water partition coefficient (Wildman–Crippen LogP) is 2.00. The highest BCUT2D eigenvalue weighted by Gasteiger charge is 2.21. The Morgan fingerprint density at radius 1 is 0.846 bits per heavy atom. The highest BCUT2D eigenvalue weighted by atomic mass is 32.2. The van der Waals surface area contributed by atoms with Gasteiger partial charge < -0.3 is 5.32 Å². The summed E-state index contributed by atoms with van der Waals surface area (Å²) in [7, 11) is 0. The molecule has 0 radical (unpaired) electrons. The predicted molar refractivity (Wildman–Crippen MR) is 103 cm³/mol. The van der Waals surface area contributed by atoms with Crippen LogP contribution in [0.15, 0.2) is 60.7 Å². The van der Waals surface area contributed by atoms with E-state index in [-0.39, 0.29) is 5.91 Å². The van der Waals surface area contributed by atoms with Crippen LogP contribution in [0.5, 0.6) is 0 Å². The lowest BCUT2D eigenvalue weighted by atomic mass is 10.1. The van der Waals surface area contributed by atoms with E-state index in [9.17, 15) is 14.4 Å². The molecule has 0 saturated carbocycles. The van der Waals surface area contributed by atoms with E-state index >= 15 is 0 Å². The van der Waals surface area contributed by atoms with E-state index in [0.717, 1.165) is 0 Å². The van der Waals surface area contributed by atoms with Gasteiger partial charge in [-0.3, -0.25) is 25.2 Å². The van der Waals surface area contributed by atoms with Crippen molar-refractivity contribution < 1.29 is 14.4 Å². The number of rotatable bonds is 7. The van der Waals surface area contributed by atoms with Crippen molar-refractivity contribution in [3.05, 3.63) is 71.8 Å². The van der Waals surface area contributed by atoms with Crippen LogP contribution >= 0.6 is 11.8 Å². The Kier molecular flexibility index (Phi) is 7.70. The van der Waals surface area contributed by atoms with E-state index in [2.05, 4.69) is 16.2 Å². The van der Waals surface area contributed by atoms with Crippen LogP contribution in [0.2, 0.25) is 0 Å². The molecule has 2 rings (SSSR count). The molecule has 7 heteroatoms. The van der Waals surface area contributed by atoms with Gasteiger partial charge in [-0.25, -0.2) is 0 Å². The van der Waals surface area contributed by atoms with Crippen LogP contribution < -0.4 is 16.2 Å². The maximum Gasteiger partial charge on any atom is 0.269 e. The van der Waals surface area contributed by atoms with Crippen molar-refractivity contribution in [2.24, 2.45) is 0 Å². The van der Waals surface area contributed by atoms with Crippen molar-refractivity contribution in [3.8, 4) is 0 Å². The maximum atomic E-state index is 12.4. The Morgan fingerprint density at radius 2 is 1.38 bits per heavy atom. The second kappa shape index (κ2) is 10.2. The van der Waals surface area contributed by atoms with Gasteiger partial charge >= 0.3 is 0 Å². The number of thioether (sulfide) groups is 1. The molecule has 0 heterocycles. The summed E-state index contributed by atoms with van der Waals surface area (Å²) >= 11 is 1.57. The summed E-state index contributed by atoms with van der Waals surface area (Å²) in [5, 5.41) is 2.72. The first kappa shape index (κ1) is 19.5.